The largest absolute Gasteiger partial charge is 0.504 e. The van der Waals surface area contributed by atoms with Gasteiger partial charge in [0.05, 0.1) is 0 Å². The van der Waals surface area contributed by atoms with Gasteiger partial charge in [0.2, 0.25) is 0 Å². The van der Waals surface area contributed by atoms with E-state index in [1.807, 2.05) is 12.2 Å². The van der Waals surface area contributed by atoms with E-state index >= 15 is 0 Å². The van der Waals surface area contributed by atoms with Crippen molar-refractivity contribution in [3.8, 4) is 11.5 Å². The van der Waals surface area contributed by atoms with Crippen LogP contribution in [0.15, 0.2) is 48.6 Å². The van der Waals surface area contributed by atoms with Crippen molar-refractivity contribution in [1.82, 2.24) is 0 Å². The van der Waals surface area contributed by atoms with Crippen LogP contribution in [0, 0.1) is 5.41 Å². The van der Waals surface area contributed by atoms with Gasteiger partial charge in [0.15, 0.2) is 11.5 Å². The van der Waals surface area contributed by atoms with Crippen LogP contribution in [0.1, 0.15) is 39.2 Å². The number of benzene rings is 1. The van der Waals surface area contributed by atoms with Crippen molar-refractivity contribution in [3.05, 3.63) is 54.1 Å². The summed E-state index contributed by atoms with van der Waals surface area (Å²) in [5.41, 5.74) is 2.10. The molecule has 0 aliphatic rings. The first kappa shape index (κ1) is 16.1. The van der Waals surface area contributed by atoms with E-state index in [1.165, 1.54) is 11.6 Å². The molecule has 2 heteroatoms. The first-order chi connectivity index (χ1) is 9.36. The molecular weight excluding hydrogens is 248 g/mol. The van der Waals surface area contributed by atoms with Gasteiger partial charge < -0.3 is 10.2 Å². The van der Waals surface area contributed by atoms with E-state index in [9.17, 15) is 10.2 Å². The summed E-state index contributed by atoms with van der Waals surface area (Å²) in [5, 5.41) is 18.8. The zero-order valence-corrected chi connectivity index (χ0v) is 12.6. The molecule has 0 aromatic heterocycles. The molecule has 0 radical (unpaired) electrons. The van der Waals surface area contributed by atoms with Crippen LogP contribution in [0.3, 0.4) is 0 Å². The van der Waals surface area contributed by atoms with Gasteiger partial charge in [-0.15, -0.1) is 6.58 Å². The van der Waals surface area contributed by atoms with E-state index in [4.69, 9.17) is 0 Å². The topological polar surface area (TPSA) is 40.5 Å². The van der Waals surface area contributed by atoms with E-state index in [2.05, 4.69) is 39.5 Å². The Kier molecular flexibility index (Phi) is 5.63. The smallest absolute Gasteiger partial charge is 0.157 e. The molecule has 2 N–H and O–H groups in total. The molecule has 0 saturated heterocycles. The lowest BCUT2D eigenvalue weighted by molar-refractivity contribution is 0.403. The summed E-state index contributed by atoms with van der Waals surface area (Å²) in [6.07, 6.45) is 10.2. The molecule has 1 atom stereocenters. The minimum atomic E-state index is -0.100. The number of hydrogen-bond donors (Lipinski definition) is 2. The maximum Gasteiger partial charge on any atom is 0.157 e. The van der Waals surface area contributed by atoms with Crippen LogP contribution < -0.4 is 0 Å². The van der Waals surface area contributed by atoms with E-state index in [0.717, 1.165) is 18.4 Å². The number of phenols is 2. The number of hydrogen-bond acceptors (Lipinski definition) is 2. The molecule has 20 heavy (non-hydrogen) atoms. The third-order valence-corrected chi connectivity index (χ3v) is 3.36. The quantitative estimate of drug-likeness (QED) is 0.562. The predicted octanol–water partition coefficient (Wildman–Crippen LogP) is 5.05. The van der Waals surface area contributed by atoms with Crippen molar-refractivity contribution >= 4 is 6.08 Å². The summed E-state index contributed by atoms with van der Waals surface area (Å²) in [6.45, 7) is 10.2. The number of aromatic hydroxyl groups is 2. The van der Waals surface area contributed by atoms with Crippen LogP contribution >= 0.6 is 0 Å². The second-order valence-electron chi connectivity index (χ2n) is 5.61. The Balaban J connectivity index is 2.80. The van der Waals surface area contributed by atoms with E-state index in [-0.39, 0.29) is 16.9 Å². The van der Waals surface area contributed by atoms with Gasteiger partial charge in [0, 0.05) is 5.41 Å². The van der Waals surface area contributed by atoms with Crippen molar-refractivity contribution in [2.45, 2.75) is 33.6 Å². The maximum absolute atomic E-state index is 9.48. The lowest BCUT2D eigenvalue weighted by Crippen LogP contribution is -2.08. The second-order valence-corrected chi connectivity index (χ2v) is 5.61. The Morgan fingerprint density at radius 1 is 1.25 bits per heavy atom. The molecule has 0 unspecified atom stereocenters. The summed E-state index contributed by atoms with van der Waals surface area (Å²) in [5.74, 6) is -0.200. The van der Waals surface area contributed by atoms with Gasteiger partial charge in [-0.3, -0.25) is 0 Å². The molecule has 0 bridgehead atoms. The van der Waals surface area contributed by atoms with Crippen LogP contribution in [-0.4, -0.2) is 10.2 Å². The zero-order valence-electron chi connectivity index (χ0n) is 12.6. The van der Waals surface area contributed by atoms with Gasteiger partial charge >= 0.3 is 0 Å². The van der Waals surface area contributed by atoms with Gasteiger partial charge in [-0.2, -0.15) is 0 Å². The average molecular weight is 272 g/mol. The SMILES string of the molecule is C=C[C@@](C)(/C=C/c1ccc(O)c(O)c1)CCC=C(C)C. The zero-order chi connectivity index (χ0) is 15.2. The first-order valence-electron chi connectivity index (χ1n) is 6.84. The molecule has 0 aliphatic carbocycles. The third kappa shape index (κ3) is 4.96. The van der Waals surface area contributed by atoms with E-state index in [1.54, 1.807) is 12.1 Å². The lowest BCUT2D eigenvalue weighted by atomic mass is 9.84. The third-order valence-electron chi connectivity index (χ3n) is 3.36. The fourth-order valence-corrected chi connectivity index (χ4v) is 1.86. The highest BCUT2D eigenvalue weighted by atomic mass is 16.3. The summed E-state index contributed by atoms with van der Waals surface area (Å²) in [7, 11) is 0. The molecule has 1 aromatic rings. The fraction of sp³-hybridized carbons (Fsp3) is 0.333. The van der Waals surface area contributed by atoms with Gasteiger partial charge in [-0.05, 0) is 44.4 Å². The van der Waals surface area contributed by atoms with Crippen molar-refractivity contribution in [1.29, 1.82) is 0 Å². The van der Waals surface area contributed by atoms with Crippen LogP contribution in [0.2, 0.25) is 0 Å². The monoisotopic (exact) mass is 272 g/mol. The summed E-state index contributed by atoms with van der Waals surface area (Å²) >= 11 is 0. The van der Waals surface area contributed by atoms with Crippen LogP contribution in [0.5, 0.6) is 11.5 Å². The number of phenolic OH excluding ortho intramolecular Hbond substituents is 2. The van der Waals surface area contributed by atoms with Crippen molar-refractivity contribution in [2.24, 2.45) is 5.41 Å². The molecule has 1 aromatic carbocycles. The molecule has 1 rings (SSSR count). The van der Waals surface area contributed by atoms with Crippen LogP contribution in [0.25, 0.3) is 6.08 Å². The van der Waals surface area contributed by atoms with Gasteiger partial charge in [-0.1, -0.05) is 42.9 Å². The minimum absolute atomic E-state index is 0.0839. The number of allylic oxidation sites excluding steroid dienone is 4. The van der Waals surface area contributed by atoms with Crippen molar-refractivity contribution < 1.29 is 10.2 Å². The first-order valence-corrected chi connectivity index (χ1v) is 6.84. The Bertz CT molecular complexity index is 522. The standard InChI is InChI=1S/C18H24O2/c1-5-18(4,11-6-7-14(2)3)12-10-15-8-9-16(19)17(20)13-15/h5,7-10,12-13,19-20H,1,6,11H2,2-4H3/b12-10+/t18-/m1/s1. The lowest BCUT2D eigenvalue weighted by Gasteiger charge is -2.20. The molecule has 108 valence electrons. The highest BCUT2D eigenvalue weighted by Crippen LogP contribution is 2.30. The normalized spacial score (nSPS) is 13.9. The molecule has 2 nitrogen and oxygen atoms in total. The second kappa shape index (κ2) is 6.99. The highest BCUT2D eigenvalue weighted by Gasteiger charge is 2.15. The van der Waals surface area contributed by atoms with Crippen LogP contribution in [-0.2, 0) is 0 Å². The molecule has 0 spiro atoms. The van der Waals surface area contributed by atoms with Gasteiger partial charge in [-0.25, -0.2) is 0 Å². The Labute approximate surface area is 121 Å². The fourth-order valence-electron chi connectivity index (χ4n) is 1.86. The predicted molar refractivity (Wildman–Crippen MR) is 85.8 cm³/mol. The van der Waals surface area contributed by atoms with E-state index in [0.29, 0.717) is 0 Å². The Morgan fingerprint density at radius 3 is 2.50 bits per heavy atom. The molecule has 0 saturated carbocycles. The van der Waals surface area contributed by atoms with Crippen molar-refractivity contribution in [2.75, 3.05) is 0 Å². The Hall–Kier alpha value is -1.96. The summed E-state index contributed by atoms with van der Waals surface area (Å²) < 4.78 is 0. The van der Waals surface area contributed by atoms with Crippen molar-refractivity contribution in [3.63, 3.8) is 0 Å². The minimum Gasteiger partial charge on any atom is -0.504 e. The van der Waals surface area contributed by atoms with Gasteiger partial charge in [0.25, 0.3) is 0 Å². The van der Waals surface area contributed by atoms with E-state index < -0.39 is 0 Å². The number of rotatable bonds is 6. The molecule has 0 heterocycles. The molecule has 0 fully saturated rings. The van der Waals surface area contributed by atoms with Gasteiger partial charge in [0.1, 0.15) is 0 Å². The molecule has 0 aliphatic heterocycles. The van der Waals surface area contributed by atoms with Crippen LogP contribution in [0.4, 0.5) is 0 Å². The molecular formula is C18H24O2. The maximum atomic E-state index is 9.48. The molecule has 0 amide bonds. The highest BCUT2D eigenvalue weighted by molar-refractivity contribution is 5.55. The Morgan fingerprint density at radius 2 is 1.95 bits per heavy atom. The summed E-state index contributed by atoms with van der Waals surface area (Å²) in [4.78, 5) is 0. The summed E-state index contributed by atoms with van der Waals surface area (Å²) in [6, 6.07) is 4.81. The average Bonchev–Trinajstić information content (AvgIpc) is 2.40.